The van der Waals surface area contributed by atoms with E-state index in [2.05, 4.69) is 15.2 Å². The summed E-state index contributed by atoms with van der Waals surface area (Å²) in [6.45, 7) is 1.57. The van der Waals surface area contributed by atoms with Gasteiger partial charge in [0.25, 0.3) is 0 Å². The minimum Gasteiger partial charge on any atom is -0.331 e. The van der Waals surface area contributed by atoms with Gasteiger partial charge in [0.05, 0.1) is 12.0 Å². The van der Waals surface area contributed by atoms with Gasteiger partial charge in [-0.2, -0.15) is 18.3 Å². The number of rotatable bonds is 5. The summed E-state index contributed by atoms with van der Waals surface area (Å²) >= 11 is 0. The third kappa shape index (κ3) is 4.21. The molecular weight excluding hydrogens is 369 g/mol. The highest BCUT2D eigenvalue weighted by Crippen LogP contribution is 2.31. The van der Waals surface area contributed by atoms with Crippen molar-refractivity contribution in [3.8, 4) is 0 Å². The van der Waals surface area contributed by atoms with Crippen LogP contribution in [-0.2, 0) is 17.4 Å². The number of amides is 1. The lowest BCUT2D eigenvalue weighted by Gasteiger charge is -2.27. The molecule has 8 heteroatoms. The average molecular weight is 388 g/mol. The van der Waals surface area contributed by atoms with Crippen molar-refractivity contribution in [3.05, 3.63) is 82.9 Å². The molecule has 1 unspecified atom stereocenters. The Morgan fingerprint density at radius 1 is 1.18 bits per heavy atom. The van der Waals surface area contributed by atoms with Crippen molar-refractivity contribution >= 4 is 5.91 Å². The predicted molar refractivity (Wildman–Crippen MR) is 97.3 cm³/mol. The van der Waals surface area contributed by atoms with Gasteiger partial charge in [-0.3, -0.25) is 9.89 Å². The SMILES string of the molecule is Cc1cc(C(F)(F)F)ccc1CC(=O)N(C)C(c1ccccc1)c1ncn[nH]1. The molecule has 3 rings (SSSR count). The zero-order chi connectivity index (χ0) is 20.3. The Hall–Kier alpha value is -3.16. The molecule has 5 nitrogen and oxygen atoms in total. The molecule has 0 aliphatic carbocycles. The lowest BCUT2D eigenvalue weighted by atomic mass is 10.00. The highest BCUT2D eigenvalue weighted by atomic mass is 19.4. The van der Waals surface area contributed by atoms with Crippen LogP contribution in [0.3, 0.4) is 0 Å². The maximum absolute atomic E-state index is 12.9. The number of H-pyrrole nitrogens is 1. The summed E-state index contributed by atoms with van der Waals surface area (Å²) in [6.07, 6.45) is -3.06. The van der Waals surface area contributed by atoms with Crippen molar-refractivity contribution in [3.63, 3.8) is 0 Å². The highest BCUT2D eigenvalue weighted by Gasteiger charge is 2.31. The van der Waals surface area contributed by atoms with E-state index in [0.29, 0.717) is 17.0 Å². The second kappa shape index (κ2) is 7.84. The lowest BCUT2D eigenvalue weighted by molar-refractivity contribution is -0.137. The number of aromatic nitrogens is 3. The van der Waals surface area contributed by atoms with Crippen molar-refractivity contribution in [1.82, 2.24) is 20.1 Å². The van der Waals surface area contributed by atoms with E-state index in [1.54, 1.807) is 14.0 Å². The summed E-state index contributed by atoms with van der Waals surface area (Å²) in [5, 5.41) is 6.65. The van der Waals surface area contributed by atoms with Crippen LogP contribution in [0.25, 0.3) is 0 Å². The first-order valence-corrected chi connectivity index (χ1v) is 8.60. The van der Waals surface area contributed by atoms with Gasteiger partial charge < -0.3 is 4.90 Å². The number of hydrogen-bond donors (Lipinski definition) is 1. The first-order valence-electron chi connectivity index (χ1n) is 8.60. The molecule has 2 aromatic carbocycles. The fourth-order valence-corrected chi connectivity index (χ4v) is 3.05. The molecule has 3 aromatic rings. The quantitative estimate of drug-likeness (QED) is 0.721. The molecule has 1 amide bonds. The first-order chi connectivity index (χ1) is 13.3. The molecule has 1 aromatic heterocycles. The van der Waals surface area contributed by atoms with Gasteiger partial charge in [0.2, 0.25) is 5.91 Å². The molecule has 28 heavy (non-hydrogen) atoms. The summed E-state index contributed by atoms with van der Waals surface area (Å²) in [6, 6.07) is 12.3. The number of halogens is 3. The number of likely N-dealkylation sites (N-methyl/N-ethyl adjacent to an activating group) is 1. The zero-order valence-corrected chi connectivity index (χ0v) is 15.4. The molecule has 0 bridgehead atoms. The van der Waals surface area contributed by atoms with E-state index >= 15 is 0 Å². The Bertz CT molecular complexity index is 940. The van der Waals surface area contributed by atoms with Gasteiger partial charge in [-0.25, -0.2) is 4.98 Å². The fraction of sp³-hybridized carbons (Fsp3) is 0.250. The van der Waals surface area contributed by atoms with Crippen molar-refractivity contribution in [2.45, 2.75) is 25.6 Å². The van der Waals surface area contributed by atoms with Crippen LogP contribution in [0.15, 0.2) is 54.9 Å². The number of hydrogen-bond acceptors (Lipinski definition) is 3. The van der Waals surface area contributed by atoms with Crippen LogP contribution >= 0.6 is 0 Å². The van der Waals surface area contributed by atoms with Crippen molar-refractivity contribution in [1.29, 1.82) is 0 Å². The molecule has 0 saturated heterocycles. The maximum atomic E-state index is 12.9. The first kappa shape index (κ1) is 19.6. The van der Waals surface area contributed by atoms with Gasteiger partial charge in [0.15, 0.2) is 5.82 Å². The summed E-state index contributed by atoms with van der Waals surface area (Å²) in [5.41, 5.74) is 1.10. The Kier molecular flexibility index (Phi) is 5.48. The van der Waals surface area contributed by atoms with Gasteiger partial charge in [-0.05, 0) is 35.7 Å². The van der Waals surface area contributed by atoms with Gasteiger partial charge >= 0.3 is 6.18 Å². The average Bonchev–Trinajstić information content (AvgIpc) is 3.17. The van der Waals surface area contributed by atoms with Gasteiger partial charge in [-0.15, -0.1) is 0 Å². The number of alkyl halides is 3. The van der Waals surface area contributed by atoms with Gasteiger partial charge in [0.1, 0.15) is 12.4 Å². The molecule has 0 aliphatic rings. The fourth-order valence-electron chi connectivity index (χ4n) is 3.05. The second-order valence-electron chi connectivity index (χ2n) is 6.50. The van der Waals surface area contributed by atoms with E-state index in [-0.39, 0.29) is 12.3 Å². The number of aryl methyl sites for hydroxylation is 1. The number of nitrogens with zero attached hydrogens (tertiary/aromatic N) is 3. The van der Waals surface area contributed by atoms with E-state index < -0.39 is 17.8 Å². The van der Waals surface area contributed by atoms with Crippen LogP contribution in [0, 0.1) is 6.92 Å². The van der Waals surface area contributed by atoms with Crippen LogP contribution < -0.4 is 0 Å². The molecular formula is C20H19F3N4O. The van der Waals surface area contributed by atoms with E-state index in [4.69, 9.17) is 0 Å². The predicted octanol–water partition coefficient (Wildman–Crippen LogP) is 3.92. The number of carbonyl (C=O) groups is 1. The topological polar surface area (TPSA) is 61.9 Å². The van der Waals surface area contributed by atoms with Gasteiger partial charge in [0, 0.05) is 7.05 Å². The standard InChI is InChI=1S/C20H19F3N4O/c1-13-10-16(20(21,22)23)9-8-15(13)11-17(28)27(2)18(19-24-12-25-26-19)14-6-4-3-5-7-14/h3-10,12,18H,11H2,1-2H3,(H,24,25,26). The smallest absolute Gasteiger partial charge is 0.331 e. The second-order valence-corrected chi connectivity index (χ2v) is 6.50. The monoisotopic (exact) mass is 388 g/mol. The maximum Gasteiger partial charge on any atom is 0.416 e. The molecule has 1 atom stereocenters. The molecule has 1 heterocycles. The molecule has 0 aliphatic heterocycles. The molecule has 0 saturated carbocycles. The Morgan fingerprint density at radius 2 is 1.89 bits per heavy atom. The van der Waals surface area contributed by atoms with Crippen molar-refractivity contribution < 1.29 is 18.0 Å². The Morgan fingerprint density at radius 3 is 2.46 bits per heavy atom. The number of benzene rings is 2. The van der Waals surface area contributed by atoms with E-state index in [1.807, 2.05) is 30.3 Å². The number of carbonyl (C=O) groups excluding carboxylic acids is 1. The third-order valence-electron chi connectivity index (χ3n) is 4.60. The van der Waals surface area contributed by atoms with Crippen LogP contribution in [0.1, 0.15) is 34.1 Å². The number of nitrogens with one attached hydrogen (secondary N) is 1. The van der Waals surface area contributed by atoms with Crippen LogP contribution in [0.4, 0.5) is 13.2 Å². The number of aromatic amines is 1. The van der Waals surface area contributed by atoms with Crippen LogP contribution in [-0.4, -0.2) is 33.0 Å². The summed E-state index contributed by atoms with van der Waals surface area (Å²) < 4.78 is 38.5. The third-order valence-corrected chi connectivity index (χ3v) is 4.60. The summed E-state index contributed by atoms with van der Waals surface area (Å²) in [4.78, 5) is 18.6. The minimum atomic E-state index is -4.41. The van der Waals surface area contributed by atoms with E-state index in [1.165, 1.54) is 17.3 Å². The molecule has 0 spiro atoms. The van der Waals surface area contributed by atoms with Crippen molar-refractivity contribution in [2.75, 3.05) is 7.05 Å². The Labute approximate surface area is 160 Å². The van der Waals surface area contributed by atoms with E-state index in [0.717, 1.165) is 17.7 Å². The molecule has 146 valence electrons. The molecule has 0 fully saturated rings. The molecule has 1 N–H and O–H groups in total. The van der Waals surface area contributed by atoms with Crippen LogP contribution in [0.5, 0.6) is 0 Å². The largest absolute Gasteiger partial charge is 0.416 e. The lowest BCUT2D eigenvalue weighted by Crippen LogP contribution is -2.34. The zero-order valence-electron chi connectivity index (χ0n) is 15.4. The highest BCUT2D eigenvalue weighted by molar-refractivity contribution is 5.79. The van der Waals surface area contributed by atoms with Crippen LogP contribution in [0.2, 0.25) is 0 Å². The normalized spacial score (nSPS) is 12.6. The van der Waals surface area contributed by atoms with Gasteiger partial charge in [-0.1, -0.05) is 36.4 Å². The van der Waals surface area contributed by atoms with Crippen molar-refractivity contribution in [2.24, 2.45) is 0 Å². The summed E-state index contributed by atoms with van der Waals surface area (Å²) in [5.74, 6) is 0.263. The van der Waals surface area contributed by atoms with E-state index in [9.17, 15) is 18.0 Å². The Balaban J connectivity index is 1.85. The minimum absolute atomic E-state index is 0.0159. The molecule has 0 radical (unpaired) electrons. The summed E-state index contributed by atoms with van der Waals surface area (Å²) in [7, 11) is 1.64.